The van der Waals surface area contributed by atoms with Crippen LogP contribution in [-0.4, -0.2) is 25.0 Å². The molecule has 1 aromatic rings. The van der Waals surface area contributed by atoms with E-state index in [-0.39, 0.29) is 17.8 Å². The van der Waals surface area contributed by atoms with E-state index in [0.717, 1.165) is 24.2 Å². The Labute approximate surface area is 124 Å². The Hall–Kier alpha value is -0.780. The Balaban J connectivity index is 0.00000361. The van der Waals surface area contributed by atoms with Crippen LogP contribution in [0.15, 0.2) is 24.3 Å². The predicted molar refractivity (Wildman–Crippen MR) is 77.9 cm³/mol. The van der Waals surface area contributed by atoms with Gasteiger partial charge in [0, 0.05) is 13.1 Å². The van der Waals surface area contributed by atoms with E-state index in [2.05, 4.69) is 18.7 Å². The second kappa shape index (κ2) is 7.29. The summed E-state index contributed by atoms with van der Waals surface area (Å²) in [4.78, 5) is 2.06. The minimum Gasteiger partial charge on any atom is -0.330 e. The molecule has 20 heavy (non-hydrogen) atoms. The van der Waals surface area contributed by atoms with Gasteiger partial charge in [0.25, 0.3) is 0 Å². The average Bonchev–Trinajstić information content (AvgIpc) is 2.27. The molecule has 0 aliphatic rings. The third-order valence-corrected chi connectivity index (χ3v) is 2.98. The van der Waals surface area contributed by atoms with Crippen LogP contribution in [0, 0.1) is 5.41 Å². The first-order valence-corrected chi connectivity index (χ1v) is 6.19. The van der Waals surface area contributed by atoms with E-state index in [1.165, 1.54) is 12.1 Å². The molecule has 0 aliphatic carbocycles. The Morgan fingerprint density at radius 1 is 1.10 bits per heavy atom. The zero-order chi connectivity index (χ0) is 14.7. The molecule has 0 heterocycles. The van der Waals surface area contributed by atoms with Crippen molar-refractivity contribution in [3.05, 3.63) is 35.4 Å². The summed E-state index contributed by atoms with van der Waals surface area (Å²) in [5, 5.41) is 0. The molecule has 1 aromatic carbocycles. The molecule has 116 valence electrons. The molecular formula is C14H22ClF3N2. The topological polar surface area (TPSA) is 29.3 Å². The largest absolute Gasteiger partial charge is 0.416 e. The van der Waals surface area contributed by atoms with Crippen molar-refractivity contribution in [2.75, 3.05) is 20.1 Å². The quantitative estimate of drug-likeness (QED) is 0.901. The molecule has 0 fully saturated rings. The van der Waals surface area contributed by atoms with Gasteiger partial charge in [0.05, 0.1) is 5.56 Å². The first-order chi connectivity index (χ1) is 8.64. The molecule has 0 bridgehead atoms. The summed E-state index contributed by atoms with van der Waals surface area (Å²) < 4.78 is 37.3. The molecule has 0 saturated heterocycles. The van der Waals surface area contributed by atoms with Gasteiger partial charge in [-0.2, -0.15) is 13.2 Å². The van der Waals surface area contributed by atoms with Gasteiger partial charge in [-0.1, -0.05) is 26.0 Å². The third-order valence-electron chi connectivity index (χ3n) is 2.98. The monoisotopic (exact) mass is 310 g/mol. The van der Waals surface area contributed by atoms with Gasteiger partial charge in [0.2, 0.25) is 0 Å². The highest BCUT2D eigenvalue weighted by Crippen LogP contribution is 2.29. The van der Waals surface area contributed by atoms with Crippen LogP contribution in [0.5, 0.6) is 0 Å². The maximum atomic E-state index is 12.4. The third kappa shape index (κ3) is 6.11. The number of halogens is 4. The lowest BCUT2D eigenvalue weighted by molar-refractivity contribution is -0.137. The first-order valence-electron chi connectivity index (χ1n) is 6.19. The summed E-state index contributed by atoms with van der Waals surface area (Å²) in [5.41, 5.74) is 5.92. The molecule has 0 spiro atoms. The molecule has 2 N–H and O–H groups in total. The van der Waals surface area contributed by atoms with E-state index < -0.39 is 11.7 Å². The summed E-state index contributed by atoms with van der Waals surface area (Å²) in [7, 11) is 1.94. The van der Waals surface area contributed by atoms with E-state index in [9.17, 15) is 13.2 Å². The number of rotatable bonds is 5. The van der Waals surface area contributed by atoms with Crippen LogP contribution in [0.2, 0.25) is 0 Å². The lowest BCUT2D eigenvalue weighted by Gasteiger charge is -2.29. The van der Waals surface area contributed by atoms with Crippen LogP contribution in [0.4, 0.5) is 13.2 Å². The molecule has 0 radical (unpaired) electrons. The van der Waals surface area contributed by atoms with Crippen LogP contribution in [0.3, 0.4) is 0 Å². The molecule has 1 rings (SSSR count). The molecule has 0 unspecified atom stereocenters. The fourth-order valence-corrected chi connectivity index (χ4v) is 1.96. The minimum atomic E-state index is -4.27. The van der Waals surface area contributed by atoms with Crippen molar-refractivity contribution < 1.29 is 13.2 Å². The van der Waals surface area contributed by atoms with Crippen LogP contribution >= 0.6 is 12.4 Å². The second-order valence-corrected chi connectivity index (χ2v) is 5.74. The SMILES string of the molecule is CN(Cc1ccc(C(F)(F)F)cc1)CC(C)(C)CN.Cl. The van der Waals surface area contributed by atoms with Crippen LogP contribution in [0.25, 0.3) is 0 Å². The summed E-state index contributed by atoms with van der Waals surface area (Å²) in [6.45, 7) is 6.11. The lowest BCUT2D eigenvalue weighted by Crippen LogP contribution is -2.36. The van der Waals surface area contributed by atoms with Crippen molar-refractivity contribution in [3.63, 3.8) is 0 Å². The van der Waals surface area contributed by atoms with Crippen molar-refractivity contribution in [3.8, 4) is 0 Å². The standard InChI is InChI=1S/C14H21F3N2.ClH/c1-13(2,9-18)10-19(3)8-11-4-6-12(7-5-11)14(15,16)17;/h4-7H,8-10,18H2,1-3H3;1H. The van der Waals surface area contributed by atoms with Crippen LogP contribution in [0.1, 0.15) is 25.0 Å². The fourth-order valence-electron chi connectivity index (χ4n) is 1.96. The first kappa shape index (κ1) is 19.2. The van der Waals surface area contributed by atoms with Crippen LogP contribution < -0.4 is 5.73 Å². The highest BCUT2D eigenvalue weighted by molar-refractivity contribution is 5.85. The van der Waals surface area contributed by atoms with E-state index in [0.29, 0.717) is 13.1 Å². The summed E-state index contributed by atoms with van der Waals surface area (Å²) in [6, 6.07) is 5.29. The molecule has 6 heteroatoms. The zero-order valence-corrected chi connectivity index (χ0v) is 12.8. The summed E-state index contributed by atoms with van der Waals surface area (Å²) >= 11 is 0. The number of benzene rings is 1. The Morgan fingerprint density at radius 2 is 1.60 bits per heavy atom. The number of nitrogens with zero attached hydrogens (tertiary/aromatic N) is 1. The minimum absolute atomic E-state index is 0. The molecule has 0 saturated carbocycles. The molecule has 0 aromatic heterocycles. The highest BCUT2D eigenvalue weighted by Gasteiger charge is 2.30. The maximum absolute atomic E-state index is 12.4. The van der Waals surface area contributed by atoms with Gasteiger partial charge in [-0.25, -0.2) is 0 Å². The number of nitrogens with two attached hydrogens (primary N) is 1. The van der Waals surface area contributed by atoms with E-state index >= 15 is 0 Å². The molecule has 0 amide bonds. The van der Waals surface area contributed by atoms with Gasteiger partial charge in [-0.15, -0.1) is 12.4 Å². The number of hydrogen-bond acceptors (Lipinski definition) is 2. The normalized spacial score (nSPS) is 12.4. The van der Waals surface area contributed by atoms with E-state index in [4.69, 9.17) is 5.73 Å². The van der Waals surface area contributed by atoms with Crippen molar-refractivity contribution in [2.45, 2.75) is 26.6 Å². The van der Waals surface area contributed by atoms with Crippen molar-refractivity contribution in [1.82, 2.24) is 4.90 Å². The van der Waals surface area contributed by atoms with Crippen molar-refractivity contribution >= 4 is 12.4 Å². The lowest BCUT2D eigenvalue weighted by atomic mass is 9.93. The predicted octanol–water partition coefficient (Wildman–Crippen LogP) is 3.54. The zero-order valence-electron chi connectivity index (χ0n) is 12.0. The van der Waals surface area contributed by atoms with Crippen LogP contribution in [-0.2, 0) is 12.7 Å². The number of alkyl halides is 3. The average molecular weight is 311 g/mol. The fraction of sp³-hybridized carbons (Fsp3) is 0.571. The van der Waals surface area contributed by atoms with Crippen molar-refractivity contribution in [1.29, 1.82) is 0 Å². The van der Waals surface area contributed by atoms with Crippen molar-refractivity contribution in [2.24, 2.45) is 11.1 Å². The second-order valence-electron chi connectivity index (χ2n) is 5.74. The molecule has 2 nitrogen and oxygen atoms in total. The summed E-state index contributed by atoms with van der Waals surface area (Å²) in [6.07, 6.45) is -4.27. The van der Waals surface area contributed by atoms with E-state index in [1.54, 1.807) is 0 Å². The van der Waals surface area contributed by atoms with Gasteiger partial charge in [-0.3, -0.25) is 0 Å². The molecule has 0 aliphatic heterocycles. The molecule has 0 atom stereocenters. The van der Waals surface area contributed by atoms with Gasteiger partial charge in [0.15, 0.2) is 0 Å². The Bertz CT molecular complexity index is 402. The molecular weight excluding hydrogens is 289 g/mol. The summed E-state index contributed by atoms with van der Waals surface area (Å²) in [5.74, 6) is 0. The number of hydrogen-bond donors (Lipinski definition) is 1. The Kier molecular flexibility index (Phi) is 7.01. The van der Waals surface area contributed by atoms with Gasteiger partial charge >= 0.3 is 6.18 Å². The highest BCUT2D eigenvalue weighted by atomic mass is 35.5. The Morgan fingerprint density at radius 3 is 2.00 bits per heavy atom. The van der Waals surface area contributed by atoms with Gasteiger partial charge in [0.1, 0.15) is 0 Å². The van der Waals surface area contributed by atoms with Gasteiger partial charge in [-0.05, 0) is 36.7 Å². The smallest absolute Gasteiger partial charge is 0.330 e. The van der Waals surface area contributed by atoms with E-state index in [1.807, 2.05) is 7.05 Å². The van der Waals surface area contributed by atoms with Gasteiger partial charge < -0.3 is 10.6 Å². The maximum Gasteiger partial charge on any atom is 0.416 e.